The maximum Gasteiger partial charge on any atom is 0.241 e. The Bertz CT molecular complexity index is 710. The molecule has 0 spiro atoms. The molecule has 0 aliphatic carbocycles. The average molecular weight is 291 g/mol. The van der Waals surface area contributed by atoms with Crippen LogP contribution in [-0.4, -0.2) is 8.42 Å². The van der Waals surface area contributed by atoms with Crippen LogP contribution in [0.2, 0.25) is 0 Å². The van der Waals surface area contributed by atoms with Gasteiger partial charge in [0.2, 0.25) is 10.0 Å². The fraction of sp³-hybridized carbons (Fsp3) is 0.267. The van der Waals surface area contributed by atoms with Crippen molar-refractivity contribution in [2.24, 2.45) is 0 Å². The molecule has 2 N–H and O–H groups in total. The van der Waals surface area contributed by atoms with Gasteiger partial charge in [0, 0.05) is 12.1 Å². The lowest BCUT2D eigenvalue weighted by atomic mass is 10.1. The topological polar surface area (TPSA) is 60.3 Å². The molecule has 0 atom stereocenters. The smallest absolute Gasteiger partial charge is 0.214 e. The van der Waals surface area contributed by atoms with Crippen LogP contribution >= 0.6 is 0 Å². The van der Waals surface area contributed by atoms with Crippen LogP contribution in [0.25, 0.3) is 0 Å². The monoisotopic (exact) mass is 291 g/mol. The molecule has 5 heteroatoms. The molecule has 1 heterocycles. The summed E-state index contributed by atoms with van der Waals surface area (Å²) in [6, 6.07) is 9.18. The Balaban J connectivity index is 2.25. The van der Waals surface area contributed by atoms with Crippen LogP contribution in [0.4, 0.5) is 0 Å². The standard InChI is InChI=1S/C15H18N2O2S/c1-11-8-13(3)15(9-12(11)2)20(18,19)17-10-14-6-4-5-7-16-14/h4-9,17H,10H2,1-3H3/p+1. The number of pyridine rings is 1. The second-order valence-electron chi connectivity index (χ2n) is 4.91. The van der Waals surface area contributed by atoms with Crippen molar-refractivity contribution in [2.75, 3.05) is 0 Å². The summed E-state index contributed by atoms with van der Waals surface area (Å²) >= 11 is 0. The highest BCUT2D eigenvalue weighted by Crippen LogP contribution is 2.19. The van der Waals surface area contributed by atoms with E-state index in [1.54, 1.807) is 12.3 Å². The first-order chi connectivity index (χ1) is 9.40. The maximum atomic E-state index is 12.4. The third-order valence-corrected chi connectivity index (χ3v) is 4.85. The largest absolute Gasteiger partial charge is 0.241 e. The number of benzene rings is 1. The molecule has 0 saturated carbocycles. The molecule has 0 aliphatic rings. The molecule has 106 valence electrons. The van der Waals surface area contributed by atoms with Gasteiger partial charge in [-0.2, -0.15) is 0 Å². The van der Waals surface area contributed by atoms with E-state index in [1.165, 1.54) is 0 Å². The second kappa shape index (κ2) is 5.73. The SMILES string of the molecule is Cc1cc(C)c(S(=O)(=O)NCc2cccc[nH+]2)cc1C. The zero-order valence-electron chi connectivity index (χ0n) is 11.9. The van der Waals surface area contributed by atoms with E-state index in [4.69, 9.17) is 0 Å². The number of rotatable bonds is 4. The van der Waals surface area contributed by atoms with E-state index in [-0.39, 0.29) is 6.54 Å². The van der Waals surface area contributed by atoms with E-state index in [0.29, 0.717) is 4.90 Å². The quantitative estimate of drug-likeness (QED) is 0.935. The lowest BCUT2D eigenvalue weighted by Crippen LogP contribution is -2.27. The van der Waals surface area contributed by atoms with Gasteiger partial charge in [-0.15, -0.1) is 0 Å². The minimum Gasteiger partial charge on any atom is -0.214 e. The highest BCUT2D eigenvalue weighted by molar-refractivity contribution is 7.89. The first kappa shape index (κ1) is 14.7. The predicted octanol–water partition coefficient (Wildman–Crippen LogP) is 1.90. The molecule has 0 fully saturated rings. The third-order valence-electron chi connectivity index (χ3n) is 3.31. The number of hydrogen-bond donors (Lipinski definition) is 1. The molecule has 0 radical (unpaired) electrons. The van der Waals surface area contributed by atoms with Crippen molar-refractivity contribution in [3.63, 3.8) is 0 Å². The van der Waals surface area contributed by atoms with E-state index in [0.717, 1.165) is 22.4 Å². The van der Waals surface area contributed by atoms with Crippen LogP contribution in [0.3, 0.4) is 0 Å². The lowest BCUT2D eigenvalue weighted by molar-refractivity contribution is -0.390. The van der Waals surface area contributed by atoms with Gasteiger partial charge in [0.1, 0.15) is 0 Å². The van der Waals surface area contributed by atoms with E-state index >= 15 is 0 Å². The summed E-state index contributed by atoms with van der Waals surface area (Å²) in [5, 5.41) is 0. The molecular formula is C15H19N2O2S+. The Morgan fingerprint density at radius 3 is 2.40 bits per heavy atom. The van der Waals surface area contributed by atoms with Gasteiger partial charge in [0.05, 0.1) is 11.4 Å². The first-order valence-electron chi connectivity index (χ1n) is 6.43. The minimum absolute atomic E-state index is 0.246. The molecule has 4 nitrogen and oxygen atoms in total. The maximum absolute atomic E-state index is 12.4. The number of sulfonamides is 1. The zero-order chi connectivity index (χ0) is 14.8. The lowest BCUT2D eigenvalue weighted by Gasteiger charge is -2.11. The molecular weight excluding hydrogens is 272 g/mol. The van der Waals surface area contributed by atoms with Crippen molar-refractivity contribution in [3.8, 4) is 0 Å². The number of aromatic nitrogens is 1. The molecule has 0 aliphatic heterocycles. The fourth-order valence-electron chi connectivity index (χ4n) is 2.01. The van der Waals surface area contributed by atoms with Crippen LogP contribution in [0.15, 0.2) is 41.4 Å². The van der Waals surface area contributed by atoms with Crippen LogP contribution in [0.5, 0.6) is 0 Å². The summed E-state index contributed by atoms with van der Waals surface area (Å²) in [4.78, 5) is 3.34. The summed E-state index contributed by atoms with van der Waals surface area (Å²) in [7, 11) is -3.50. The summed E-state index contributed by atoms with van der Waals surface area (Å²) in [5.41, 5.74) is 3.65. The molecule has 0 amide bonds. The van der Waals surface area contributed by atoms with Gasteiger partial charge in [-0.05, 0) is 43.5 Å². The normalized spacial score (nSPS) is 11.6. The summed E-state index contributed by atoms with van der Waals surface area (Å²) in [6.45, 7) is 5.95. The van der Waals surface area contributed by atoms with Crippen LogP contribution in [0.1, 0.15) is 22.4 Å². The van der Waals surface area contributed by atoms with Gasteiger partial charge in [0.25, 0.3) is 0 Å². The van der Waals surface area contributed by atoms with Gasteiger partial charge in [-0.3, -0.25) is 0 Å². The number of hydrogen-bond acceptors (Lipinski definition) is 2. The van der Waals surface area contributed by atoms with E-state index in [2.05, 4.69) is 9.71 Å². The van der Waals surface area contributed by atoms with Crippen molar-refractivity contribution in [2.45, 2.75) is 32.2 Å². The Kier molecular flexibility index (Phi) is 4.20. The van der Waals surface area contributed by atoms with Gasteiger partial charge >= 0.3 is 0 Å². The van der Waals surface area contributed by atoms with Gasteiger partial charge in [0.15, 0.2) is 11.9 Å². The van der Waals surface area contributed by atoms with Crippen molar-refractivity contribution in [3.05, 3.63) is 58.9 Å². The second-order valence-corrected chi connectivity index (χ2v) is 6.65. The molecule has 20 heavy (non-hydrogen) atoms. The van der Waals surface area contributed by atoms with Crippen LogP contribution in [0, 0.1) is 20.8 Å². The van der Waals surface area contributed by atoms with E-state index in [1.807, 2.05) is 45.0 Å². The number of H-pyrrole nitrogens is 1. The van der Waals surface area contributed by atoms with Crippen molar-refractivity contribution in [1.82, 2.24) is 4.72 Å². The Morgan fingerprint density at radius 1 is 1.05 bits per heavy atom. The predicted molar refractivity (Wildman–Crippen MR) is 77.7 cm³/mol. The van der Waals surface area contributed by atoms with Gasteiger partial charge in [-0.25, -0.2) is 18.1 Å². The molecule has 0 saturated heterocycles. The van der Waals surface area contributed by atoms with E-state index < -0.39 is 10.0 Å². The number of aromatic amines is 1. The first-order valence-corrected chi connectivity index (χ1v) is 7.91. The highest BCUT2D eigenvalue weighted by Gasteiger charge is 2.18. The van der Waals surface area contributed by atoms with Crippen molar-refractivity contribution in [1.29, 1.82) is 0 Å². The summed E-state index contributed by atoms with van der Waals surface area (Å²) in [6.07, 6.45) is 1.77. The van der Waals surface area contributed by atoms with Gasteiger partial charge in [-0.1, -0.05) is 12.1 Å². The van der Waals surface area contributed by atoms with Crippen LogP contribution in [-0.2, 0) is 16.6 Å². The van der Waals surface area contributed by atoms with Gasteiger partial charge < -0.3 is 0 Å². The Hall–Kier alpha value is -1.72. The fourth-order valence-corrected chi connectivity index (χ4v) is 3.33. The Morgan fingerprint density at radius 2 is 1.75 bits per heavy atom. The third kappa shape index (κ3) is 3.23. The van der Waals surface area contributed by atoms with Crippen molar-refractivity contribution >= 4 is 10.0 Å². The average Bonchev–Trinajstić information content (AvgIpc) is 2.42. The van der Waals surface area contributed by atoms with Crippen molar-refractivity contribution < 1.29 is 13.4 Å². The molecule has 2 aromatic rings. The van der Waals surface area contributed by atoms with E-state index in [9.17, 15) is 8.42 Å². The van der Waals surface area contributed by atoms with Crippen LogP contribution < -0.4 is 9.71 Å². The molecule has 2 rings (SSSR count). The zero-order valence-corrected chi connectivity index (χ0v) is 12.7. The molecule has 0 bridgehead atoms. The number of aryl methyl sites for hydroxylation is 3. The highest BCUT2D eigenvalue weighted by atomic mass is 32.2. The summed E-state index contributed by atoms with van der Waals surface area (Å²) < 4.78 is 27.3. The number of nitrogens with one attached hydrogen (secondary N) is 2. The molecule has 1 aromatic carbocycles. The summed E-state index contributed by atoms with van der Waals surface area (Å²) in [5.74, 6) is 0. The minimum atomic E-state index is -3.50. The molecule has 1 aromatic heterocycles. The molecule has 0 unspecified atom stereocenters. The Labute approximate surface area is 119 Å².